The summed E-state index contributed by atoms with van der Waals surface area (Å²) in [5.74, 6) is -3.23. The van der Waals surface area contributed by atoms with Crippen LogP contribution in [0.2, 0.25) is 5.02 Å². The van der Waals surface area contributed by atoms with Crippen molar-refractivity contribution in [1.82, 2.24) is 10.2 Å². The van der Waals surface area contributed by atoms with E-state index in [1.165, 1.54) is 6.07 Å². The number of rotatable bonds is 4. The van der Waals surface area contributed by atoms with E-state index in [-0.39, 0.29) is 0 Å². The lowest BCUT2D eigenvalue weighted by Crippen LogP contribution is -2.51. The number of aliphatic hydroxyl groups excluding tert-OH is 1. The van der Waals surface area contributed by atoms with Crippen molar-refractivity contribution in [2.75, 3.05) is 32.8 Å². The minimum absolute atomic E-state index is 0.400. The minimum Gasteiger partial charge on any atom is -0.390 e. The van der Waals surface area contributed by atoms with Gasteiger partial charge in [-0.25, -0.2) is 8.78 Å². The Balaban J connectivity index is 2.42. The normalized spacial score (nSPS) is 19.1. The van der Waals surface area contributed by atoms with Crippen molar-refractivity contribution in [1.29, 1.82) is 0 Å². The molecule has 112 valence electrons. The Morgan fingerprint density at radius 3 is 2.65 bits per heavy atom. The van der Waals surface area contributed by atoms with Crippen LogP contribution in [0.25, 0.3) is 0 Å². The van der Waals surface area contributed by atoms with Crippen molar-refractivity contribution in [3.05, 3.63) is 33.3 Å². The van der Waals surface area contributed by atoms with Crippen molar-refractivity contribution in [3.8, 4) is 0 Å². The van der Waals surface area contributed by atoms with Gasteiger partial charge in [0.05, 0.1) is 0 Å². The third-order valence-corrected chi connectivity index (χ3v) is 4.34. The lowest BCUT2D eigenvalue weighted by atomic mass is 9.98. The Morgan fingerprint density at radius 2 is 2.05 bits per heavy atom. The highest BCUT2D eigenvalue weighted by atomic mass is 79.9. The van der Waals surface area contributed by atoms with Gasteiger partial charge in [-0.15, -0.1) is 0 Å². The first-order valence-electron chi connectivity index (χ1n) is 6.34. The van der Waals surface area contributed by atoms with E-state index in [4.69, 9.17) is 16.7 Å². The number of hydrogen-bond donors (Lipinski definition) is 2. The highest BCUT2D eigenvalue weighted by molar-refractivity contribution is 9.10. The lowest BCUT2D eigenvalue weighted by molar-refractivity contribution is -0.118. The molecule has 2 N–H and O–H groups in total. The van der Waals surface area contributed by atoms with Crippen LogP contribution in [0.4, 0.5) is 8.78 Å². The summed E-state index contributed by atoms with van der Waals surface area (Å²) in [6.45, 7) is 1.10. The zero-order valence-corrected chi connectivity index (χ0v) is 13.1. The molecular formula is C13H16BrClF2N2O. The highest BCUT2D eigenvalue weighted by Gasteiger charge is 2.44. The zero-order chi connectivity index (χ0) is 14.8. The maximum absolute atomic E-state index is 14.2. The molecule has 1 heterocycles. The van der Waals surface area contributed by atoms with Crippen molar-refractivity contribution in [2.24, 2.45) is 0 Å². The van der Waals surface area contributed by atoms with Crippen LogP contribution in [-0.2, 0) is 0 Å². The molecule has 20 heavy (non-hydrogen) atoms. The molecule has 0 saturated carbocycles. The van der Waals surface area contributed by atoms with Gasteiger partial charge in [0.2, 0.25) is 0 Å². The quantitative estimate of drug-likeness (QED) is 0.856. The van der Waals surface area contributed by atoms with E-state index in [9.17, 15) is 8.78 Å². The van der Waals surface area contributed by atoms with E-state index in [1.807, 2.05) is 0 Å². The molecule has 1 aromatic rings. The van der Waals surface area contributed by atoms with E-state index in [0.717, 1.165) is 0 Å². The van der Waals surface area contributed by atoms with Gasteiger partial charge < -0.3 is 10.4 Å². The Hall–Kier alpha value is -0.270. The maximum Gasteiger partial charge on any atom is 0.289 e. The molecule has 0 aliphatic carbocycles. The number of piperazine rings is 1. The molecule has 1 atom stereocenters. The summed E-state index contributed by atoms with van der Waals surface area (Å²) in [7, 11) is 0. The molecule has 3 nitrogen and oxygen atoms in total. The third kappa shape index (κ3) is 3.49. The molecule has 0 aromatic heterocycles. The molecule has 1 aliphatic rings. The van der Waals surface area contributed by atoms with Crippen LogP contribution < -0.4 is 5.32 Å². The second-order valence-corrected chi connectivity index (χ2v) is 6.06. The molecule has 2 rings (SSSR count). The van der Waals surface area contributed by atoms with Crippen molar-refractivity contribution < 1.29 is 13.9 Å². The number of alkyl halides is 2. The number of aliphatic hydroxyl groups is 1. The monoisotopic (exact) mass is 368 g/mol. The molecule has 0 bridgehead atoms. The van der Waals surface area contributed by atoms with Crippen LogP contribution >= 0.6 is 27.5 Å². The summed E-state index contributed by atoms with van der Waals surface area (Å²) in [6, 6.07) is 3.63. The summed E-state index contributed by atoms with van der Waals surface area (Å²) in [5.41, 5.74) is 0.401. The Morgan fingerprint density at radius 1 is 1.40 bits per heavy atom. The summed E-state index contributed by atoms with van der Waals surface area (Å²) in [5, 5.41) is 12.6. The van der Waals surface area contributed by atoms with Crippen molar-refractivity contribution in [2.45, 2.75) is 12.0 Å². The zero-order valence-electron chi connectivity index (χ0n) is 10.8. The molecule has 1 saturated heterocycles. The fourth-order valence-corrected chi connectivity index (χ4v) is 3.09. The van der Waals surface area contributed by atoms with Gasteiger partial charge >= 0.3 is 0 Å². The Bertz CT molecular complexity index is 470. The third-order valence-electron chi connectivity index (χ3n) is 3.38. The molecular weight excluding hydrogens is 354 g/mol. The number of benzene rings is 1. The first kappa shape index (κ1) is 16.1. The average molecular weight is 370 g/mol. The number of hydrogen-bond acceptors (Lipinski definition) is 3. The molecule has 0 amide bonds. The van der Waals surface area contributed by atoms with Gasteiger partial charge in [-0.3, -0.25) is 4.90 Å². The topological polar surface area (TPSA) is 35.5 Å². The Kier molecular flexibility index (Phi) is 5.36. The van der Waals surface area contributed by atoms with Crippen LogP contribution in [0.3, 0.4) is 0 Å². The van der Waals surface area contributed by atoms with Gasteiger partial charge in [-0.1, -0.05) is 27.5 Å². The number of nitrogens with one attached hydrogen (secondary N) is 1. The van der Waals surface area contributed by atoms with Gasteiger partial charge in [0, 0.05) is 35.7 Å². The van der Waals surface area contributed by atoms with Gasteiger partial charge in [0.25, 0.3) is 5.92 Å². The van der Waals surface area contributed by atoms with E-state index in [1.54, 1.807) is 17.0 Å². The summed E-state index contributed by atoms with van der Waals surface area (Å²) < 4.78 is 29.0. The molecule has 7 heteroatoms. The molecule has 0 radical (unpaired) electrons. The second-order valence-electron chi connectivity index (χ2n) is 4.77. The van der Waals surface area contributed by atoms with Gasteiger partial charge in [-0.05, 0) is 23.8 Å². The van der Waals surface area contributed by atoms with Crippen LogP contribution in [0, 0.1) is 0 Å². The lowest BCUT2D eigenvalue weighted by Gasteiger charge is -2.39. The molecule has 0 spiro atoms. The predicted molar refractivity (Wildman–Crippen MR) is 78.4 cm³/mol. The predicted octanol–water partition coefficient (Wildman–Crippen LogP) is 2.68. The summed E-state index contributed by atoms with van der Waals surface area (Å²) in [4.78, 5) is 1.68. The van der Waals surface area contributed by atoms with Gasteiger partial charge in [0.15, 0.2) is 0 Å². The standard InChI is InChI=1S/C13H16BrClF2N2O/c14-11-2-1-9(15)7-10(11)12(13(16,17)8-20)19-5-3-18-4-6-19/h1-2,7,12,18,20H,3-6,8H2/t12-/m0/s1. The number of nitrogens with zero attached hydrogens (tertiary/aromatic N) is 1. The van der Waals surface area contributed by atoms with Crippen LogP contribution in [0.1, 0.15) is 11.6 Å². The first-order chi connectivity index (χ1) is 9.45. The molecule has 1 aromatic carbocycles. The van der Waals surface area contributed by atoms with Crippen LogP contribution in [-0.4, -0.2) is 48.7 Å². The SMILES string of the molecule is OCC(F)(F)[C@H](c1cc(Cl)ccc1Br)N1CCNCC1. The fourth-order valence-electron chi connectivity index (χ4n) is 2.44. The second kappa shape index (κ2) is 6.66. The molecule has 0 unspecified atom stereocenters. The van der Waals surface area contributed by atoms with Gasteiger partial charge in [-0.2, -0.15) is 0 Å². The fraction of sp³-hybridized carbons (Fsp3) is 0.538. The van der Waals surface area contributed by atoms with E-state index in [0.29, 0.717) is 41.2 Å². The van der Waals surface area contributed by atoms with Crippen LogP contribution in [0.15, 0.2) is 22.7 Å². The average Bonchev–Trinajstić information content (AvgIpc) is 2.44. The highest BCUT2D eigenvalue weighted by Crippen LogP contribution is 2.40. The number of halogens is 4. The van der Waals surface area contributed by atoms with Crippen LogP contribution in [0.5, 0.6) is 0 Å². The molecule has 1 fully saturated rings. The first-order valence-corrected chi connectivity index (χ1v) is 7.51. The molecule has 1 aliphatic heterocycles. The smallest absolute Gasteiger partial charge is 0.289 e. The van der Waals surface area contributed by atoms with Crippen molar-refractivity contribution in [3.63, 3.8) is 0 Å². The van der Waals surface area contributed by atoms with E-state index < -0.39 is 18.6 Å². The van der Waals surface area contributed by atoms with E-state index in [2.05, 4.69) is 21.2 Å². The Labute approximate surface area is 130 Å². The van der Waals surface area contributed by atoms with Gasteiger partial charge in [0.1, 0.15) is 12.6 Å². The maximum atomic E-state index is 14.2. The van der Waals surface area contributed by atoms with Crippen molar-refractivity contribution >= 4 is 27.5 Å². The minimum atomic E-state index is -3.23. The summed E-state index contributed by atoms with van der Waals surface area (Å²) in [6.07, 6.45) is 0. The summed E-state index contributed by atoms with van der Waals surface area (Å²) >= 11 is 9.24. The van der Waals surface area contributed by atoms with E-state index >= 15 is 0 Å². The largest absolute Gasteiger partial charge is 0.390 e.